The maximum absolute atomic E-state index is 12.4. The number of aromatic nitrogens is 1. The Morgan fingerprint density at radius 3 is 2.50 bits per heavy atom. The van der Waals surface area contributed by atoms with Gasteiger partial charge in [-0.05, 0) is 24.3 Å². The van der Waals surface area contributed by atoms with Crippen molar-refractivity contribution < 1.29 is 17.8 Å². The van der Waals surface area contributed by atoms with Crippen LogP contribution in [0.25, 0.3) is 11.3 Å². The normalized spacial score (nSPS) is 11.2. The number of nitrogens with zero attached hydrogens (tertiary/aromatic N) is 2. The van der Waals surface area contributed by atoms with E-state index in [1.54, 1.807) is 24.3 Å². The van der Waals surface area contributed by atoms with Crippen molar-refractivity contribution in [2.75, 3.05) is 4.72 Å². The Kier molecular flexibility index (Phi) is 4.00. The quantitative estimate of drug-likeness (QED) is 0.561. The Labute approximate surface area is 137 Å². The lowest BCUT2D eigenvalue weighted by atomic mass is 10.2. The molecule has 0 fully saturated rings. The van der Waals surface area contributed by atoms with Gasteiger partial charge in [0.05, 0.1) is 16.0 Å². The van der Waals surface area contributed by atoms with Gasteiger partial charge in [0.15, 0.2) is 12.2 Å². The molecule has 0 spiro atoms. The molecule has 3 aromatic rings. The molecule has 122 valence electrons. The molecule has 0 saturated carbocycles. The van der Waals surface area contributed by atoms with Crippen LogP contribution in [0.15, 0.2) is 70.4 Å². The maximum Gasteiger partial charge on any atom is 0.269 e. The van der Waals surface area contributed by atoms with E-state index in [1.807, 2.05) is 0 Å². The lowest BCUT2D eigenvalue weighted by Crippen LogP contribution is -2.12. The van der Waals surface area contributed by atoms with Gasteiger partial charge in [0.1, 0.15) is 0 Å². The second-order valence-corrected chi connectivity index (χ2v) is 6.49. The number of benzene rings is 2. The van der Waals surface area contributed by atoms with Crippen LogP contribution >= 0.6 is 0 Å². The molecule has 0 aliphatic carbocycles. The van der Waals surface area contributed by atoms with Crippen molar-refractivity contribution in [1.82, 2.24) is 4.98 Å². The molecule has 0 aliphatic rings. The second kappa shape index (κ2) is 6.13. The summed E-state index contributed by atoms with van der Waals surface area (Å²) in [5.74, 6) is 0.506. The van der Waals surface area contributed by atoms with Gasteiger partial charge in [-0.3, -0.25) is 14.8 Å². The number of anilines is 1. The molecule has 1 heterocycles. The first-order valence-electron chi connectivity index (χ1n) is 6.72. The van der Waals surface area contributed by atoms with Crippen LogP contribution in [0.1, 0.15) is 0 Å². The molecule has 0 aliphatic heterocycles. The van der Waals surface area contributed by atoms with Crippen LogP contribution < -0.4 is 4.72 Å². The van der Waals surface area contributed by atoms with Crippen molar-refractivity contribution in [1.29, 1.82) is 0 Å². The number of hydrogen-bond donors (Lipinski definition) is 1. The summed E-state index contributed by atoms with van der Waals surface area (Å²) in [6, 6.07) is 11.3. The summed E-state index contributed by atoms with van der Waals surface area (Å²) in [6.45, 7) is 0. The Balaban J connectivity index is 1.87. The molecule has 0 amide bonds. The van der Waals surface area contributed by atoms with Crippen molar-refractivity contribution in [3.63, 3.8) is 0 Å². The molecular formula is C15H11N3O5S. The predicted molar refractivity (Wildman–Crippen MR) is 85.8 cm³/mol. The summed E-state index contributed by atoms with van der Waals surface area (Å²) >= 11 is 0. The van der Waals surface area contributed by atoms with E-state index in [1.165, 1.54) is 24.7 Å². The minimum Gasteiger partial charge on any atom is -0.444 e. The van der Waals surface area contributed by atoms with Crippen molar-refractivity contribution in [2.45, 2.75) is 4.90 Å². The number of sulfonamides is 1. The average molecular weight is 345 g/mol. The highest BCUT2D eigenvalue weighted by Crippen LogP contribution is 2.24. The van der Waals surface area contributed by atoms with Crippen LogP contribution in [-0.2, 0) is 10.0 Å². The molecule has 1 aromatic heterocycles. The summed E-state index contributed by atoms with van der Waals surface area (Å²) in [5, 5.41) is 10.6. The van der Waals surface area contributed by atoms with Gasteiger partial charge in [-0.2, -0.15) is 0 Å². The van der Waals surface area contributed by atoms with Crippen LogP contribution in [-0.4, -0.2) is 18.3 Å². The lowest BCUT2D eigenvalue weighted by molar-refractivity contribution is -0.384. The van der Waals surface area contributed by atoms with Gasteiger partial charge in [0.2, 0.25) is 0 Å². The summed E-state index contributed by atoms with van der Waals surface area (Å²) < 4.78 is 32.3. The number of oxazole rings is 1. The minimum atomic E-state index is -3.86. The van der Waals surface area contributed by atoms with Gasteiger partial charge in [-0.15, -0.1) is 0 Å². The van der Waals surface area contributed by atoms with E-state index in [2.05, 4.69) is 9.71 Å². The fraction of sp³-hybridized carbons (Fsp3) is 0. The highest BCUT2D eigenvalue weighted by atomic mass is 32.2. The Bertz CT molecular complexity index is 967. The first kappa shape index (κ1) is 15.7. The zero-order valence-electron chi connectivity index (χ0n) is 12.1. The van der Waals surface area contributed by atoms with Crippen molar-refractivity contribution >= 4 is 21.4 Å². The zero-order valence-corrected chi connectivity index (χ0v) is 12.9. The number of nitro benzene ring substituents is 1. The van der Waals surface area contributed by atoms with E-state index in [4.69, 9.17) is 4.42 Å². The Morgan fingerprint density at radius 1 is 1.12 bits per heavy atom. The fourth-order valence-electron chi connectivity index (χ4n) is 2.06. The summed E-state index contributed by atoms with van der Waals surface area (Å²) in [5.41, 5.74) is 0.819. The van der Waals surface area contributed by atoms with Crippen LogP contribution in [0.4, 0.5) is 11.4 Å². The van der Waals surface area contributed by atoms with Crippen LogP contribution in [0.5, 0.6) is 0 Å². The largest absolute Gasteiger partial charge is 0.444 e. The molecular weight excluding hydrogens is 334 g/mol. The van der Waals surface area contributed by atoms with E-state index in [0.29, 0.717) is 17.0 Å². The van der Waals surface area contributed by atoms with Crippen molar-refractivity contribution in [3.05, 3.63) is 71.2 Å². The number of hydrogen-bond acceptors (Lipinski definition) is 6. The van der Waals surface area contributed by atoms with E-state index in [0.717, 1.165) is 12.1 Å². The maximum atomic E-state index is 12.4. The highest BCUT2D eigenvalue weighted by Gasteiger charge is 2.16. The van der Waals surface area contributed by atoms with Crippen LogP contribution in [0.3, 0.4) is 0 Å². The zero-order chi connectivity index (χ0) is 17.2. The van der Waals surface area contributed by atoms with Gasteiger partial charge >= 0.3 is 0 Å². The summed E-state index contributed by atoms with van der Waals surface area (Å²) in [6.07, 6.45) is 2.80. The Hall–Kier alpha value is -3.20. The van der Waals surface area contributed by atoms with Gasteiger partial charge in [-0.1, -0.05) is 12.1 Å². The molecule has 0 unspecified atom stereocenters. The number of non-ortho nitro benzene ring substituents is 1. The first-order valence-corrected chi connectivity index (χ1v) is 8.20. The average Bonchev–Trinajstić information content (AvgIpc) is 3.09. The molecule has 1 N–H and O–H groups in total. The fourth-order valence-corrected chi connectivity index (χ4v) is 3.10. The molecule has 0 saturated heterocycles. The molecule has 0 atom stereocenters. The summed E-state index contributed by atoms with van der Waals surface area (Å²) in [4.78, 5) is 13.8. The number of nitrogens with one attached hydrogen (secondary N) is 1. The smallest absolute Gasteiger partial charge is 0.269 e. The number of rotatable bonds is 5. The molecule has 24 heavy (non-hydrogen) atoms. The predicted octanol–water partition coefficient (Wildman–Crippen LogP) is 3.05. The lowest BCUT2D eigenvalue weighted by Gasteiger charge is -2.09. The minimum absolute atomic E-state index is 0.0711. The number of nitro groups is 1. The Morgan fingerprint density at radius 2 is 1.88 bits per heavy atom. The molecule has 3 rings (SSSR count). The van der Waals surface area contributed by atoms with Gasteiger partial charge in [-0.25, -0.2) is 13.4 Å². The van der Waals surface area contributed by atoms with E-state index >= 15 is 0 Å². The van der Waals surface area contributed by atoms with Crippen LogP contribution in [0.2, 0.25) is 0 Å². The monoisotopic (exact) mass is 345 g/mol. The third-order valence-electron chi connectivity index (χ3n) is 3.19. The summed E-state index contributed by atoms with van der Waals surface area (Å²) in [7, 11) is -3.86. The SMILES string of the molecule is O=[N+]([O-])c1ccc(S(=O)(=O)Nc2cccc(-c3cnco3)c2)cc1. The van der Waals surface area contributed by atoms with Gasteiger partial charge < -0.3 is 4.42 Å². The van der Waals surface area contributed by atoms with E-state index in [-0.39, 0.29) is 10.6 Å². The van der Waals surface area contributed by atoms with Crippen molar-refractivity contribution in [2.24, 2.45) is 0 Å². The first-order chi connectivity index (χ1) is 11.5. The molecule has 0 bridgehead atoms. The molecule has 0 radical (unpaired) electrons. The third kappa shape index (κ3) is 3.25. The molecule has 8 nitrogen and oxygen atoms in total. The van der Waals surface area contributed by atoms with Gasteiger partial charge in [0.25, 0.3) is 15.7 Å². The second-order valence-electron chi connectivity index (χ2n) is 4.80. The molecule has 9 heteroatoms. The van der Waals surface area contributed by atoms with Crippen molar-refractivity contribution in [3.8, 4) is 11.3 Å². The molecule has 2 aromatic carbocycles. The van der Waals surface area contributed by atoms with E-state index < -0.39 is 14.9 Å². The van der Waals surface area contributed by atoms with E-state index in [9.17, 15) is 18.5 Å². The van der Waals surface area contributed by atoms with Gasteiger partial charge in [0, 0.05) is 23.4 Å². The highest BCUT2D eigenvalue weighted by molar-refractivity contribution is 7.92. The third-order valence-corrected chi connectivity index (χ3v) is 4.59. The topological polar surface area (TPSA) is 115 Å². The van der Waals surface area contributed by atoms with Crippen LogP contribution in [0, 0.1) is 10.1 Å². The standard InChI is InChI=1S/C15H11N3O5S/c19-18(20)13-4-6-14(7-5-13)24(21,22)17-12-3-1-2-11(8-12)15-9-16-10-23-15/h1-10,17H.